The molecule has 0 bridgehead atoms. The molecule has 1 heterocycles. The molecule has 0 saturated heterocycles. The SMILES string of the molecule is COc1ccc(OC)c(NC2=C(c3ccccc3OC)C(=O)N(c3ccc(F)c(F)c3)C2=O)c1. The van der Waals surface area contributed by atoms with Gasteiger partial charge in [0.05, 0.1) is 38.3 Å². The molecular weight excluding hydrogens is 446 g/mol. The van der Waals surface area contributed by atoms with Gasteiger partial charge >= 0.3 is 0 Å². The number of carbonyl (C=O) groups is 2. The summed E-state index contributed by atoms with van der Waals surface area (Å²) in [6.45, 7) is 0. The van der Waals surface area contributed by atoms with Gasteiger partial charge in [0.25, 0.3) is 11.8 Å². The molecule has 34 heavy (non-hydrogen) atoms. The van der Waals surface area contributed by atoms with Crippen molar-refractivity contribution in [3.05, 3.63) is 83.6 Å². The van der Waals surface area contributed by atoms with Crippen LogP contribution in [0.15, 0.2) is 66.4 Å². The molecule has 2 amide bonds. The van der Waals surface area contributed by atoms with E-state index in [4.69, 9.17) is 14.2 Å². The maximum Gasteiger partial charge on any atom is 0.282 e. The van der Waals surface area contributed by atoms with Gasteiger partial charge in [0, 0.05) is 17.7 Å². The Morgan fingerprint density at radius 2 is 1.50 bits per heavy atom. The summed E-state index contributed by atoms with van der Waals surface area (Å²) in [6.07, 6.45) is 0. The summed E-state index contributed by atoms with van der Waals surface area (Å²) < 4.78 is 43.5. The second-order valence-electron chi connectivity index (χ2n) is 7.19. The van der Waals surface area contributed by atoms with Gasteiger partial charge in [0.1, 0.15) is 22.9 Å². The zero-order valence-electron chi connectivity index (χ0n) is 18.5. The van der Waals surface area contributed by atoms with E-state index in [1.54, 1.807) is 42.5 Å². The van der Waals surface area contributed by atoms with Crippen LogP contribution in [0.1, 0.15) is 5.56 Å². The van der Waals surface area contributed by atoms with Gasteiger partial charge < -0.3 is 19.5 Å². The van der Waals surface area contributed by atoms with Crippen molar-refractivity contribution in [1.82, 2.24) is 0 Å². The number of benzene rings is 3. The van der Waals surface area contributed by atoms with Crippen LogP contribution < -0.4 is 24.4 Å². The first-order valence-electron chi connectivity index (χ1n) is 10.1. The van der Waals surface area contributed by atoms with E-state index in [2.05, 4.69) is 5.32 Å². The lowest BCUT2D eigenvalue weighted by molar-refractivity contribution is -0.120. The molecule has 3 aromatic rings. The molecule has 1 aliphatic rings. The van der Waals surface area contributed by atoms with E-state index < -0.39 is 23.4 Å². The van der Waals surface area contributed by atoms with Crippen molar-refractivity contribution in [3.63, 3.8) is 0 Å². The van der Waals surface area contributed by atoms with Crippen LogP contribution in [0, 0.1) is 11.6 Å². The predicted octanol–water partition coefficient (Wildman–Crippen LogP) is 4.39. The number of anilines is 2. The fourth-order valence-corrected chi connectivity index (χ4v) is 3.65. The van der Waals surface area contributed by atoms with Crippen LogP contribution in [0.4, 0.5) is 20.2 Å². The fraction of sp³-hybridized carbons (Fsp3) is 0.120. The van der Waals surface area contributed by atoms with Crippen molar-refractivity contribution >= 4 is 28.8 Å². The van der Waals surface area contributed by atoms with Crippen LogP contribution in [-0.2, 0) is 9.59 Å². The molecule has 1 N–H and O–H groups in total. The third kappa shape index (κ3) is 3.92. The summed E-state index contributed by atoms with van der Waals surface area (Å²) in [4.78, 5) is 27.8. The van der Waals surface area contributed by atoms with Gasteiger partial charge in [-0.15, -0.1) is 0 Å². The summed E-state index contributed by atoms with van der Waals surface area (Å²) in [5.41, 5.74) is 0.494. The van der Waals surface area contributed by atoms with Gasteiger partial charge in [0.2, 0.25) is 0 Å². The standard InChI is InChI=1S/C25H20F2N2O5/c1-32-15-9-11-21(34-3)19(13-15)28-23-22(16-6-4-5-7-20(16)33-2)24(30)29(25(23)31)14-8-10-17(26)18(27)12-14/h4-13,28H,1-3H3. The number of ether oxygens (including phenoxy) is 3. The largest absolute Gasteiger partial charge is 0.497 e. The van der Waals surface area contributed by atoms with E-state index in [0.717, 1.165) is 23.1 Å². The highest BCUT2D eigenvalue weighted by atomic mass is 19.2. The molecule has 0 radical (unpaired) electrons. The van der Waals surface area contributed by atoms with Gasteiger partial charge in [0.15, 0.2) is 11.6 Å². The smallest absolute Gasteiger partial charge is 0.282 e. The van der Waals surface area contributed by atoms with Crippen molar-refractivity contribution in [2.45, 2.75) is 0 Å². The lowest BCUT2D eigenvalue weighted by Gasteiger charge is -2.16. The fourth-order valence-electron chi connectivity index (χ4n) is 3.65. The summed E-state index contributed by atoms with van der Waals surface area (Å²) in [6, 6.07) is 14.4. The average Bonchev–Trinajstić information content (AvgIpc) is 3.09. The number of halogens is 2. The molecule has 9 heteroatoms. The number of nitrogens with zero attached hydrogens (tertiary/aromatic N) is 1. The molecular formula is C25H20F2N2O5. The maximum absolute atomic E-state index is 13.9. The van der Waals surface area contributed by atoms with Crippen LogP contribution in [-0.4, -0.2) is 33.1 Å². The van der Waals surface area contributed by atoms with E-state index >= 15 is 0 Å². The lowest BCUT2D eigenvalue weighted by atomic mass is 10.0. The number of amides is 2. The molecule has 0 saturated carbocycles. The third-order valence-corrected chi connectivity index (χ3v) is 5.29. The zero-order chi connectivity index (χ0) is 24.4. The average molecular weight is 466 g/mol. The van der Waals surface area contributed by atoms with Gasteiger partial charge in [-0.1, -0.05) is 18.2 Å². The second-order valence-corrected chi connectivity index (χ2v) is 7.19. The first-order chi connectivity index (χ1) is 16.4. The minimum atomic E-state index is -1.19. The number of imide groups is 1. The number of rotatable bonds is 7. The van der Waals surface area contributed by atoms with Crippen molar-refractivity contribution in [3.8, 4) is 17.2 Å². The summed E-state index contributed by atoms with van der Waals surface area (Å²) in [5.74, 6) is -2.56. The molecule has 3 aromatic carbocycles. The highest BCUT2D eigenvalue weighted by Crippen LogP contribution is 2.39. The monoisotopic (exact) mass is 466 g/mol. The normalized spacial score (nSPS) is 13.4. The summed E-state index contributed by atoms with van der Waals surface area (Å²) in [5, 5.41) is 2.98. The molecule has 0 unspecified atom stereocenters. The summed E-state index contributed by atoms with van der Waals surface area (Å²) in [7, 11) is 4.38. The molecule has 1 aliphatic heterocycles. The Balaban J connectivity index is 1.90. The van der Waals surface area contributed by atoms with Gasteiger partial charge in [-0.05, 0) is 30.3 Å². The van der Waals surface area contributed by atoms with E-state index in [-0.39, 0.29) is 17.0 Å². The molecule has 0 aliphatic carbocycles. The topological polar surface area (TPSA) is 77.1 Å². The Bertz CT molecular complexity index is 1320. The predicted molar refractivity (Wildman–Crippen MR) is 122 cm³/mol. The van der Waals surface area contributed by atoms with E-state index in [1.165, 1.54) is 21.3 Å². The number of carbonyl (C=O) groups excluding carboxylic acids is 2. The lowest BCUT2D eigenvalue weighted by Crippen LogP contribution is -2.32. The Hall–Kier alpha value is -4.40. The van der Waals surface area contributed by atoms with E-state index in [1.807, 2.05) is 0 Å². The number of hydrogen-bond donors (Lipinski definition) is 1. The number of para-hydroxylation sites is 1. The first-order valence-corrected chi connectivity index (χ1v) is 10.1. The maximum atomic E-state index is 13.9. The van der Waals surface area contributed by atoms with E-state index in [0.29, 0.717) is 28.5 Å². The second kappa shape index (κ2) is 9.22. The van der Waals surface area contributed by atoms with Crippen molar-refractivity contribution in [2.75, 3.05) is 31.5 Å². The van der Waals surface area contributed by atoms with Crippen LogP contribution in [0.3, 0.4) is 0 Å². The third-order valence-electron chi connectivity index (χ3n) is 5.29. The van der Waals surface area contributed by atoms with Gasteiger partial charge in [-0.3, -0.25) is 9.59 Å². The Kier molecular flexibility index (Phi) is 6.18. The van der Waals surface area contributed by atoms with Crippen LogP contribution in [0.2, 0.25) is 0 Å². The molecule has 4 rings (SSSR count). The number of hydrogen-bond acceptors (Lipinski definition) is 6. The highest BCUT2D eigenvalue weighted by molar-refractivity contribution is 6.46. The zero-order valence-corrected chi connectivity index (χ0v) is 18.5. The summed E-state index contributed by atoms with van der Waals surface area (Å²) >= 11 is 0. The molecule has 0 atom stereocenters. The quantitative estimate of drug-likeness (QED) is 0.521. The van der Waals surface area contributed by atoms with Crippen molar-refractivity contribution in [2.24, 2.45) is 0 Å². The minimum absolute atomic E-state index is 0.00273. The molecule has 0 spiro atoms. The van der Waals surface area contributed by atoms with Crippen LogP contribution in [0.5, 0.6) is 17.2 Å². The number of nitrogens with one attached hydrogen (secondary N) is 1. The molecule has 174 valence electrons. The minimum Gasteiger partial charge on any atom is -0.497 e. The first kappa shape index (κ1) is 22.8. The Morgan fingerprint density at radius 1 is 0.765 bits per heavy atom. The van der Waals surface area contributed by atoms with Crippen molar-refractivity contribution < 1.29 is 32.6 Å². The van der Waals surface area contributed by atoms with Crippen LogP contribution >= 0.6 is 0 Å². The van der Waals surface area contributed by atoms with Gasteiger partial charge in [-0.25, -0.2) is 13.7 Å². The Labute approximate surface area is 194 Å². The highest BCUT2D eigenvalue weighted by Gasteiger charge is 2.41. The molecule has 0 fully saturated rings. The molecule has 7 nitrogen and oxygen atoms in total. The Morgan fingerprint density at radius 3 is 2.18 bits per heavy atom. The van der Waals surface area contributed by atoms with Gasteiger partial charge in [-0.2, -0.15) is 0 Å². The van der Waals surface area contributed by atoms with Crippen LogP contribution in [0.25, 0.3) is 5.57 Å². The molecule has 0 aromatic heterocycles. The van der Waals surface area contributed by atoms with Crippen molar-refractivity contribution in [1.29, 1.82) is 0 Å². The number of methoxy groups -OCH3 is 3. The van der Waals surface area contributed by atoms with E-state index in [9.17, 15) is 18.4 Å².